The molecule has 212 valence electrons. The number of aliphatic hydroxyl groups is 2. The maximum absolute atomic E-state index is 12.5. The molecule has 14 nitrogen and oxygen atoms in total. The van der Waals surface area contributed by atoms with E-state index in [4.69, 9.17) is 14.6 Å². The van der Waals surface area contributed by atoms with Crippen LogP contribution >= 0.6 is 0 Å². The van der Waals surface area contributed by atoms with Crippen LogP contribution in [0.15, 0.2) is 60.4 Å². The molecule has 0 saturated heterocycles. The van der Waals surface area contributed by atoms with Gasteiger partial charge in [-0.2, -0.15) is 0 Å². The van der Waals surface area contributed by atoms with Crippen molar-refractivity contribution in [3.05, 3.63) is 71.5 Å². The summed E-state index contributed by atoms with van der Waals surface area (Å²) in [7, 11) is 0.878. The molecule has 0 unspecified atom stereocenters. The van der Waals surface area contributed by atoms with Crippen LogP contribution in [0.4, 0.5) is 0 Å². The Hall–Kier alpha value is -5.50. The van der Waals surface area contributed by atoms with Crippen LogP contribution in [0.3, 0.4) is 0 Å². The molecule has 40 heavy (non-hydrogen) atoms. The van der Waals surface area contributed by atoms with Gasteiger partial charge < -0.3 is 50.0 Å². The third-order valence-electron chi connectivity index (χ3n) is 4.95. The molecule has 2 aromatic rings. The first-order valence-electron chi connectivity index (χ1n) is 11.0. The first-order chi connectivity index (χ1) is 18.8. The van der Waals surface area contributed by atoms with E-state index in [0.717, 1.165) is 55.7 Å². The summed E-state index contributed by atoms with van der Waals surface area (Å²) in [5.74, 6) is -8.97. The summed E-state index contributed by atoms with van der Waals surface area (Å²) in [6.45, 7) is 0. The number of aromatic hydroxyl groups is 4. The maximum atomic E-state index is 12.5. The Morgan fingerprint density at radius 2 is 1.23 bits per heavy atom. The topological polar surface area (TPSA) is 238 Å². The van der Waals surface area contributed by atoms with Crippen molar-refractivity contribution in [3.8, 4) is 23.0 Å². The van der Waals surface area contributed by atoms with Gasteiger partial charge in [0, 0.05) is 18.2 Å². The van der Waals surface area contributed by atoms with Crippen LogP contribution in [0.1, 0.15) is 11.1 Å². The van der Waals surface area contributed by atoms with Gasteiger partial charge in [-0.05, 0) is 47.5 Å². The zero-order chi connectivity index (χ0) is 30.0. The van der Waals surface area contributed by atoms with Crippen LogP contribution in [0, 0.1) is 0 Å². The lowest BCUT2D eigenvalue weighted by atomic mass is 10.1. The Morgan fingerprint density at radius 3 is 1.65 bits per heavy atom. The van der Waals surface area contributed by atoms with E-state index in [2.05, 4.69) is 4.74 Å². The summed E-state index contributed by atoms with van der Waals surface area (Å²) in [6, 6.07) is 7.09. The van der Waals surface area contributed by atoms with Crippen molar-refractivity contribution < 1.29 is 69.1 Å². The number of carboxylic acid groups (broad SMARTS) is 1. The Labute approximate surface area is 225 Å². The largest absolute Gasteiger partial charge is 0.504 e. The molecule has 0 aliphatic heterocycles. The van der Waals surface area contributed by atoms with Gasteiger partial charge in [0.15, 0.2) is 41.3 Å². The molecule has 0 spiro atoms. The third kappa shape index (κ3) is 8.81. The number of aliphatic carboxylic acids is 1. The van der Waals surface area contributed by atoms with Crippen molar-refractivity contribution in [1.82, 2.24) is 0 Å². The SMILES string of the molecule is COC(=O)[C@H](O)[C@H](OC(=O)C=Cc1ccc(O)c(O)c1)[C@H](C=C(O)C(=O)O)OC(=O)C=Cc1ccc(O)c(O)c1. The van der Waals surface area contributed by atoms with Gasteiger partial charge in [-0.15, -0.1) is 0 Å². The van der Waals surface area contributed by atoms with Crippen molar-refractivity contribution in [2.24, 2.45) is 0 Å². The molecule has 14 heteroatoms. The molecule has 0 heterocycles. The molecule has 0 amide bonds. The number of hydrogen-bond acceptors (Lipinski definition) is 13. The van der Waals surface area contributed by atoms with Crippen molar-refractivity contribution in [3.63, 3.8) is 0 Å². The van der Waals surface area contributed by atoms with Gasteiger partial charge in [-0.3, -0.25) is 0 Å². The van der Waals surface area contributed by atoms with E-state index in [-0.39, 0.29) is 11.1 Å². The monoisotopic (exact) mass is 560 g/mol. The number of carbonyl (C=O) groups is 4. The van der Waals surface area contributed by atoms with Crippen LogP contribution < -0.4 is 0 Å². The molecule has 0 aromatic heterocycles. The van der Waals surface area contributed by atoms with Crippen LogP contribution in [-0.2, 0) is 33.4 Å². The minimum Gasteiger partial charge on any atom is -0.504 e. The highest BCUT2D eigenvalue weighted by Gasteiger charge is 2.39. The zero-order valence-electron chi connectivity index (χ0n) is 20.6. The van der Waals surface area contributed by atoms with Crippen molar-refractivity contribution in [2.75, 3.05) is 7.11 Å². The van der Waals surface area contributed by atoms with Gasteiger partial charge in [0.25, 0.3) is 0 Å². The summed E-state index contributed by atoms with van der Waals surface area (Å²) in [5.41, 5.74) is 0.435. The summed E-state index contributed by atoms with van der Waals surface area (Å²) < 4.78 is 14.5. The van der Waals surface area contributed by atoms with Crippen LogP contribution in [0.2, 0.25) is 0 Å². The van der Waals surface area contributed by atoms with Crippen LogP contribution in [0.5, 0.6) is 23.0 Å². The fourth-order valence-corrected chi connectivity index (χ4v) is 2.95. The normalized spacial score (nSPS) is 13.9. The fourth-order valence-electron chi connectivity index (χ4n) is 2.95. The third-order valence-corrected chi connectivity index (χ3v) is 4.95. The van der Waals surface area contributed by atoms with E-state index in [1.165, 1.54) is 12.1 Å². The maximum Gasteiger partial charge on any atom is 0.370 e. The lowest BCUT2D eigenvalue weighted by molar-refractivity contribution is -0.177. The predicted octanol–water partition coefficient (Wildman–Crippen LogP) is 1.12. The number of aliphatic hydroxyl groups excluding tert-OH is 2. The number of carboxylic acids is 1. The van der Waals surface area contributed by atoms with E-state index >= 15 is 0 Å². The van der Waals surface area contributed by atoms with E-state index in [1.54, 1.807) is 0 Å². The van der Waals surface area contributed by atoms with Gasteiger partial charge in [0.1, 0.15) is 0 Å². The summed E-state index contributed by atoms with van der Waals surface area (Å²) in [5, 5.41) is 67.1. The lowest BCUT2D eigenvalue weighted by Gasteiger charge is -2.26. The lowest BCUT2D eigenvalue weighted by Crippen LogP contribution is -2.47. The standard InChI is InChI=1S/C26H24O14/c1-38-26(37)23(34)24(40-22(33)9-5-14-3-7-16(28)18(30)11-14)20(12-19(31)25(35)36)39-21(32)8-4-13-2-6-15(27)17(29)10-13/h2-12,20,23-24,27-31,34H,1H3,(H,35,36)/t20-,23+,24+/m0/s1. The highest BCUT2D eigenvalue weighted by molar-refractivity contribution is 5.89. The fraction of sp³-hybridized carbons (Fsp3) is 0.154. The van der Waals surface area contributed by atoms with E-state index < -0.39 is 70.9 Å². The number of phenolic OH excluding ortho intramolecular Hbond substituents is 4. The molecule has 3 atom stereocenters. The van der Waals surface area contributed by atoms with E-state index in [9.17, 15) is 49.8 Å². The molecule has 0 aliphatic carbocycles. The molecule has 2 aromatic carbocycles. The molecule has 0 aliphatic rings. The number of methoxy groups -OCH3 is 1. The van der Waals surface area contributed by atoms with E-state index in [0.29, 0.717) is 6.08 Å². The second kappa shape index (κ2) is 13.9. The van der Waals surface area contributed by atoms with Crippen LogP contribution in [0.25, 0.3) is 12.2 Å². The number of hydrogen-bond donors (Lipinski definition) is 7. The van der Waals surface area contributed by atoms with Gasteiger partial charge in [-0.25, -0.2) is 19.2 Å². The quantitative estimate of drug-likeness (QED) is 0.0670. The Kier molecular flexibility index (Phi) is 10.7. The highest BCUT2D eigenvalue weighted by Crippen LogP contribution is 2.26. The number of benzene rings is 2. The van der Waals surface area contributed by atoms with Gasteiger partial charge >= 0.3 is 23.9 Å². The first-order valence-corrected chi connectivity index (χ1v) is 11.0. The smallest absolute Gasteiger partial charge is 0.370 e. The van der Waals surface area contributed by atoms with Gasteiger partial charge in [-0.1, -0.05) is 12.1 Å². The molecule has 7 N–H and O–H groups in total. The average molecular weight is 560 g/mol. The molecule has 0 bridgehead atoms. The zero-order valence-corrected chi connectivity index (χ0v) is 20.6. The number of ether oxygens (including phenoxy) is 3. The second-order valence-electron chi connectivity index (χ2n) is 7.79. The first kappa shape index (κ1) is 30.7. The molecule has 0 saturated carbocycles. The number of rotatable bonds is 11. The van der Waals surface area contributed by atoms with Crippen molar-refractivity contribution in [1.29, 1.82) is 0 Å². The van der Waals surface area contributed by atoms with Crippen molar-refractivity contribution in [2.45, 2.75) is 18.3 Å². The summed E-state index contributed by atoms with van der Waals surface area (Å²) >= 11 is 0. The van der Waals surface area contributed by atoms with Crippen molar-refractivity contribution >= 4 is 36.0 Å². The summed E-state index contributed by atoms with van der Waals surface area (Å²) in [4.78, 5) is 48.2. The molecule has 2 rings (SSSR count). The highest BCUT2D eigenvalue weighted by atomic mass is 16.6. The average Bonchev–Trinajstić information content (AvgIpc) is 2.91. The number of phenols is 4. The molecular formula is C26H24O14. The number of carbonyl (C=O) groups excluding carboxylic acids is 3. The Bertz CT molecular complexity index is 1360. The molecule has 0 radical (unpaired) electrons. The van der Waals surface area contributed by atoms with Gasteiger partial charge in [0.2, 0.25) is 5.76 Å². The Balaban J connectivity index is 2.37. The van der Waals surface area contributed by atoms with Gasteiger partial charge in [0.05, 0.1) is 7.11 Å². The number of esters is 3. The minimum atomic E-state index is -2.34. The molecule has 0 fully saturated rings. The summed E-state index contributed by atoms with van der Waals surface area (Å²) in [6.07, 6.45) is -2.36. The van der Waals surface area contributed by atoms with Crippen LogP contribution in [-0.4, -0.2) is 85.0 Å². The van der Waals surface area contributed by atoms with E-state index in [1.807, 2.05) is 0 Å². The predicted molar refractivity (Wildman–Crippen MR) is 134 cm³/mol. The molecular weight excluding hydrogens is 536 g/mol. The second-order valence-corrected chi connectivity index (χ2v) is 7.79. The minimum absolute atomic E-state index is 0.217. The Morgan fingerprint density at radius 1 is 0.750 bits per heavy atom.